The number of methoxy groups -OCH3 is 1. The van der Waals surface area contributed by atoms with E-state index < -0.39 is 5.97 Å². The van der Waals surface area contributed by atoms with Gasteiger partial charge in [0.15, 0.2) is 11.5 Å². The molecule has 6 nitrogen and oxygen atoms in total. The second-order valence-corrected chi connectivity index (χ2v) is 4.20. The number of hydrogen-bond acceptors (Lipinski definition) is 5. The van der Waals surface area contributed by atoms with E-state index in [2.05, 4.69) is 23.9 Å². The van der Waals surface area contributed by atoms with Gasteiger partial charge in [-0.2, -0.15) is 0 Å². The Morgan fingerprint density at radius 2 is 2.39 bits per heavy atom. The number of carbonyl (C=O) groups is 1. The molecule has 0 bridgehead atoms. The molecule has 0 aliphatic heterocycles. The molecule has 0 radical (unpaired) electrons. The highest BCUT2D eigenvalue weighted by Gasteiger charge is 2.17. The van der Waals surface area contributed by atoms with Crippen LogP contribution in [0.5, 0.6) is 0 Å². The molecule has 1 unspecified atom stereocenters. The Balaban J connectivity index is 2.65. The van der Waals surface area contributed by atoms with Crippen molar-refractivity contribution in [3.63, 3.8) is 0 Å². The van der Waals surface area contributed by atoms with Gasteiger partial charge >= 0.3 is 5.97 Å². The van der Waals surface area contributed by atoms with E-state index in [1.165, 1.54) is 6.07 Å². The van der Waals surface area contributed by atoms with Crippen LogP contribution in [0.3, 0.4) is 0 Å². The Hall–Kier alpha value is -1.40. The molecule has 1 N–H and O–H groups in total. The predicted octanol–water partition coefficient (Wildman–Crippen LogP) is 1.62. The lowest BCUT2D eigenvalue weighted by Gasteiger charge is -2.26. The summed E-state index contributed by atoms with van der Waals surface area (Å²) >= 11 is 0. The predicted molar refractivity (Wildman–Crippen MR) is 65.5 cm³/mol. The van der Waals surface area contributed by atoms with E-state index in [1.807, 2.05) is 0 Å². The molecule has 0 saturated carbocycles. The van der Waals surface area contributed by atoms with Crippen LogP contribution >= 0.6 is 0 Å². The van der Waals surface area contributed by atoms with Crippen LogP contribution in [0.2, 0.25) is 0 Å². The molecule has 0 saturated heterocycles. The third-order valence-corrected chi connectivity index (χ3v) is 2.93. The third-order valence-electron chi connectivity index (χ3n) is 2.93. The summed E-state index contributed by atoms with van der Waals surface area (Å²) in [4.78, 5) is 12.9. The van der Waals surface area contributed by atoms with Gasteiger partial charge in [0, 0.05) is 25.8 Å². The summed E-state index contributed by atoms with van der Waals surface area (Å²) in [5.41, 5.74) is -0.0548. The molecule has 1 heterocycles. The van der Waals surface area contributed by atoms with Gasteiger partial charge < -0.3 is 14.4 Å². The molecular weight excluding hydrogens is 236 g/mol. The molecule has 0 aliphatic rings. The monoisotopic (exact) mass is 256 g/mol. The van der Waals surface area contributed by atoms with E-state index in [9.17, 15) is 4.79 Å². The second-order valence-electron chi connectivity index (χ2n) is 4.20. The van der Waals surface area contributed by atoms with Gasteiger partial charge in [0.25, 0.3) is 0 Å². The van der Waals surface area contributed by atoms with Crippen LogP contribution in [0.25, 0.3) is 0 Å². The maximum absolute atomic E-state index is 10.7. The molecule has 0 amide bonds. The van der Waals surface area contributed by atoms with Crippen LogP contribution < -0.4 is 0 Å². The number of aromatic nitrogens is 1. The third kappa shape index (κ3) is 4.12. The number of rotatable bonds is 8. The summed E-state index contributed by atoms with van der Waals surface area (Å²) in [5, 5.41) is 12.3. The van der Waals surface area contributed by atoms with Crippen molar-refractivity contribution in [2.24, 2.45) is 0 Å². The van der Waals surface area contributed by atoms with Crippen molar-refractivity contribution in [3.8, 4) is 0 Å². The van der Waals surface area contributed by atoms with Crippen molar-refractivity contribution in [3.05, 3.63) is 17.5 Å². The number of aromatic carboxylic acids is 1. The van der Waals surface area contributed by atoms with E-state index in [0.717, 1.165) is 13.0 Å². The Kier molecular flexibility index (Phi) is 5.80. The first-order valence-corrected chi connectivity index (χ1v) is 6.00. The van der Waals surface area contributed by atoms with Gasteiger partial charge in [0.05, 0.1) is 13.2 Å². The van der Waals surface area contributed by atoms with Gasteiger partial charge in [-0.05, 0) is 13.3 Å². The number of hydrogen-bond donors (Lipinski definition) is 1. The van der Waals surface area contributed by atoms with Crippen LogP contribution in [0.1, 0.15) is 36.5 Å². The molecule has 102 valence electrons. The van der Waals surface area contributed by atoms with E-state index >= 15 is 0 Å². The van der Waals surface area contributed by atoms with Gasteiger partial charge in [-0.3, -0.25) is 4.90 Å². The average molecular weight is 256 g/mol. The average Bonchev–Trinajstić information content (AvgIpc) is 2.82. The van der Waals surface area contributed by atoms with Crippen LogP contribution in [0, 0.1) is 0 Å². The molecule has 1 aromatic rings. The summed E-state index contributed by atoms with van der Waals surface area (Å²) in [6.45, 7) is 6.16. The number of ether oxygens (including phenoxy) is 1. The largest absolute Gasteiger partial charge is 0.476 e. The van der Waals surface area contributed by atoms with Gasteiger partial charge in [-0.25, -0.2) is 4.79 Å². The van der Waals surface area contributed by atoms with Crippen LogP contribution in [-0.2, 0) is 11.3 Å². The highest BCUT2D eigenvalue weighted by molar-refractivity contribution is 5.85. The zero-order chi connectivity index (χ0) is 13.5. The highest BCUT2D eigenvalue weighted by Crippen LogP contribution is 2.11. The minimum Gasteiger partial charge on any atom is -0.476 e. The van der Waals surface area contributed by atoms with Gasteiger partial charge in [0.2, 0.25) is 0 Å². The standard InChI is InChI=1S/C12H20N2O4/c1-4-9(2)14(5-6-17-3)8-10-7-11(12(15)16)13-18-10/h7,9H,4-6,8H2,1-3H3,(H,15,16). The topological polar surface area (TPSA) is 75.8 Å². The molecule has 18 heavy (non-hydrogen) atoms. The van der Waals surface area contributed by atoms with E-state index in [4.69, 9.17) is 14.4 Å². The van der Waals surface area contributed by atoms with E-state index in [0.29, 0.717) is 25.0 Å². The summed E-state index contributed by atoms with van der Waals surface area (Å²) in [5.74, 6) is -0.513. The lowest BCUT2D eigenvalue weighted by molar-refractivity contribution is 0.0685. The molecule has 0 aromatic carbocycles. The lowest BCUT2D eigenvalue weighted by atomic mass is 10.2. The fourth-order valence-electron chi connectivity index (χ4n) is 1.61. The number of carboxylic acid groups (broad SMARTS) is 1. The summed E-state index contributed by atoms with van der Waals surface area (Å²) in [7, 11) is 1.66. The summed E-state index contributed by atoms with van der Waals surface area (Å²) in [6, 6.07) is 1.84. The maximum Gasteiger partial charge on any atom is 0.358 e. The molecule has 6 heteroatoms. The highest BCUT2D eigenvalue weighted by atomic mass is 16.5. The van der Waals surface area contributed by atoms with Crippen LogP contribution in [0.4, 0.5) is 0 Å². The van der Waals surface area contributed by atoms with Crippen molar-refractivity contribution in [2.45, 2.75) is 32.9 Å². The van der Waals surface area contributed by atoms with Crippen LogP contribution in [0.15, 0.2) is 10.6 Å². The smallest absolute Gasteiger partial charge is 0.358 e. The van der Waals surface area contributed by atoms with Crippen LogP contribution in [-0.4, -0.2) is 47.4 Å². The molecule has 0 fully saturated rings. The first kappa shape index (κ1) is 14.7. The van der Waals surface area contributed by atoms with E-state index in [-0.39, 0.29) is 5.69 Å². The minimum atomic E-state index is -1.07. The summed E-state index contributed by atoms with van der Waals surface area (Å²) < 4.78 is 10.1. The number of nitrogens with zero attached hydrogens (tertiary/aromatic N) is 2. The fraction of sp³-hybridized carbons (Fsp3) is 0.667. The SMILES string of the molecule is CCC(C)N(CCOC)Cc1cc(C(=O)O)no1. The molecular formula is C12H20N2O4. The van der Waals surface area contributed by atoms with Crippen molar-refractivity contribution in [1.29, 1.82) is 0 Å². The van der Waals surface area contributed by atoms with Crippen molar-refractivity contribution < 1.29 is 19.2 Å². The van der Waals surface area contributed by atoms with Gasteiger partial charge in [-0.1, -0.05) is 12.1 Å². The number of carboxylic acids is 1. The molecule has 1 aromatic heterocycles. The van der Waals surface area contributed by atoms with Crippen molar-refractivity contribution in [1.82, 2.24) is 10.1 Å². The zero-order valence-electron chi connectivity index (χ0n) is 11.0. The Bertz CT molecular complexity index is 378. The fourth-order valence-corrected chi connectivity index (χ4v) is 1.61. The minimum absolute atomic E-state index is 0.0548. The van der Waals surface area contributed by atoms with E-state index in [1.54, 1.807) is 7.11 Å². The second kappa shape index (κ2) is 7.13. The van der Waals surface area contributed by atoms with Gasteiger partial charge in [0.1, 0.15) is 0 Å². The molecule has 0 aliphatic carbocycles. The zero-order valence-corrected chi connectivity index (χ0v) is 11.0. The molecule has 1 rings (SSSR count). The lowest BCUT2D eigenvalue weighted by Crippen LogP contribution is -2.34. The first-order valence-electron chi connectivity index (χ1n) is 6.00. The summed E-state index contributed by atoms with van der Waals surface area (Å²) in [6.07, 6.45) is 1.00. The Labute approximate surface area is 107 Å². The van der Waals surface area contributed by atoms with Crippen molar-refractivity contribution >= 4 is 5.97 Å². The first-order chi connectivity index (χ1) is 8.58. The maximum atomic E-state index is 10.7. The van der Waals surface area contributed by atoms with Crippen molar-refractivity contribution in [2.75, 3.05) is 20.3 Å². The molecule has 0 spiro atoms. The molecule has 1 atom stereocenters. The normalized spacial score (nSPS) is 12.9. The Morgan fingerprint density at radius 3 is 2.89 bits per heavy atom. The Morgan fingerprint density at radius 1 is 1.67 bits per heavy atom. The quantitative estimate of drug-likeness (QED) is 0.761. The van der Waals surface area contributed by atoms with Gasteiger partial charge in [-0.15, -0.1) is 0 Å².